The fourth-order valence-corrected chi connectivity index (χ4v) is 1.33. The lowest BCUT2D eigenvalue weighted by atomic mass is 10.2. The van der Waals surface area contributed by atoms with Crippen molar-refractivity contribution < 1.29 is 0 Å². The second-order valence-electron chi connectivity index (χ2n) is 3.38. The van der Waals surface area contributed by atoms with Gasteiger partial charge in [-0.05, 0) is 24.6 Å². The van der Waals surface area contributed by atoms with Crippen molar-refractivity contribution in [3.63, 3.8) is 0 Å². The van der Waals surface area contributed by atoms with E-state index in [4.69, 9.17) is 5.26 Å². The van der Waals surface area contributed by atoms with Crippen LogP contribution in [0.3, 0.4) is 0 Å². The first-order valence-electron chi connectivity index (χ1n) is 5.18. The van der Waals surface area contributed by atoms with Crippen LogP contribution in [-0.2, 0) is 0 Å². The summed E-state index contributed by atoms with van der Waals surface area (Å²) in [6.45, 7) is 2.11. The summed E-state index contributed by atoms with van der Waals surface area (Å²) < 4.78 is 0. The van der Waals surface area contributed by atoms with Crippen molar-refractivity contribution in [2.75, 3.05) is 11.9 Å². The van der Waals surface area contributed by atoms with Crippen molar-refractivity contribution in [1.29, 1.82) is 5.26 Å². The molecule has 1 aromatic rings. The van der Waals surface area contributed by atoms with Gasteiger partial charge in [-0.2, -0.15) is 5.26 Å². The van der Waals surface area contributed by atoms with Gasteiger partial charge in [-0.25, -0.2) is 0 Å². The Bertz CT molecular complexity index is 360. The number of allylic oxidation sites excluding steroid dienone is 2. The van der Waals surface area contributed by atoms with Crippen molar-refractivity contribution in [2.24, 2.45) is 0 Å². The van der Waals surface area contributed by atoms with E-state index in [2.05, 4.69) is 13.0 Å². The highest BCUT2D eigenvalue weighted by Crippen LogP contribution is 2.16. The lowest BCUT2D eigenvalue weighted by Gasteiger charge is -2.17. The number of hydrogen-bond donors (Lipinski definition) is 0. The molecule has 1 rings (SSSR count). The number of benzene rings is 1. The molecule has 0 fully saturated rings. The van der Waals surface area contributed by atoms with Crippen LogP contribution >= 0.6 is 0 Å². The molecule has 0 heterocycles. The van der Waals surface area contributed by atoms with Gasteiger partial charge in [0.15, 0.2) is 0 Å². The van der Waals surface area contributed by atoms with Gasteiger partial charge < -0.3 is 4.90 Å². The van der Waals surface area contributed by atoms with Crippen LogP contribution in [0.2, 0.25) is 0 Å². The van der Waals surface area contributed by atoms with E-state index in [9.17, 15) is 0 Å². The summed E-state index contributed by atoms with van der Waals surface area (Å²) in [6, 6.07) is 12.1. The van der Waals surface area contributed by atoms with Crippen LogP contribution < -0.4 is 4.90 Å². The summed E-state index contributed by atoms with van der Waals surface area (Å²) >= 11 is 0. The lowest BCUT2D eigenvalue weighted by molar-refractivity contribution is 0.943. The molecule has 15 heavy (non-hydrogen) atoms. The van der Waals surface area contributed by atoms with E-state index in [1.54, 1.807) is 0 Å². The van der Waals surface area contributed by atoms with E-state index in [1.165, 1.54) is 0 Å². The average molecular weight is 200 g/mol. The van der Waals surface area contributed by atoms with E-state index in [0.29, 0.717) is 5.70 Å². The highest BCUT2D eigenvalue weighted by atomic mass is 15.1. The predicted octanol–water partition coefficient (Wildman–Crippen LogP) is 3.33. The fourth-order valence-electron chi connectivity index (χ4n) is 1.33. The second-order valence-corrected chi connectivity index (χ2v) is 3.38. The molecule has 0 aliphatic heterocycles. The molecule has 0 N–H and O–H groups in total. The third-order valence-corrected chi connectivity index (χ3v) is 2.25. The molecule has 0 radical (unpaired) electrons. The molecule has 0 unspecified atom stereocenters. The molecule has 2 heteroatoms. The maximum absolute atomic E-state index is 9.02. The number of nitriles is 1. The Morgan fingerprint density at radius 1 is 1.40 bits per heavy atom. The zero-order valence-electron chi connectivity index (χ0n) is 9.27. The van der Waals surface area contributed by atoms with Gasteiger partial charge in [0, 0.05) is 12.7 Å². The first kappa shape index (κ1) is 11.3. The van der Waals surface area contributed by atoms with Gasteiger partial charge in [-0.15, -0.1) is 0 Å². The van der Waals surface area contributed by atoms with Gasteiger partial charge >= 0.3 is 0 Å². The Morgan fingerprint density at radius 2 is 2.07 bits per heavy atom. The number of hydrogen-bond acceptors (Lipinski definition) is 2. The van der Waals surface area contributed by atoms with Gasteiger partial charge in [0.2, 0.25) is 0 Å². The molecule has 0 aliphatic rings. The maximum Gasteiger partial charge on any atom is 0.117 e. The van der Waals surface area contributed by atoms with Crippen LogP contribution in [0.1, 0.15) is 19.8 Å². The molecule has 0 aliphatic carbocycles. The Kier molecular flexibility index (Phi) is 4.43. The van der Waals surface area contributed by atoms with E-state index in [0.717, 1.165) is 18.5 Å². The number of rotatable bonds is 4. The lowest BCUT2D eigenvalue weighted by Crippen LogP contribution is -2.14. The molecule has 0 saturated heterocycles. The van der Waals surface area contributed by atoms with Crippen molar-refractivity contribution >= 4 is 5.69 Å². The van der Waals surface area contributed by atoms with Crippen LogP contribution in [0.4, 0.5) is 5.69 Å². The average Bonchev–Trinajstić information content (AvgIpc) is 2.31. The van der Waals surface area contributed by atoms with Crippen LogP contribution in [-0.4, -0.2) is 7.05 Å². The van der Waals surface area contributed by atoms with Crippen molar-refractivity contribution in [3.05, 3.63) is 42.1 Å². The van der Waals surface area contributed by atoms with E-state index in [-0.39, 0.29) is 0 Å². The van der Waals surface area contributed by atoms with Gasteiger partial charge in [0.05, 0.1) is 0 Å². The minimum atomic E-state index is 0.711. The SMILES string of the molecule is CCCC=C(C#N)N(C)c1ccccc1. The summed E-state index contributed by atoms with van der Waals surface area (Å²) in [5, 5.41) is 9.02. The molecule has 78 valence electrons. The number of para-hydroxylation sites is 1. The van der Waals surface area contributed by atoms with Gasteiger partial charge in [0.25, 0.3) is 0 Å². The van der Waals surface area contributed by atoms with E-state index >= 15 is 0 Å². The highest BCUT2D eigenvalue weighted by molar-refractivity contribution is 5.54. The van der Waals surface area contributed by atoms with Crippen molar-refractivity contribution in [2.45, 2.75) is 19.8 Å². The number of unbranched alkanes of at least 4 members (excludes halogenated alkanes) is 1. The highest BCUT2D eigenvalue weighted by Gasteiger charge is 2.04. The smallest absolute Gasteiger partial charge is 0.117 e. The van der Waals surface area contributed by atoms with Crippen molar-refractivity contribution in [1.82, 2.24) is 0 Å². The van der Waals surface area contributed by atoms with Crippen LogP contribution in [0.15, 0.2) is 42.1 Å². The topological polar surface area (TPSA) is 27.0 Å². The van der Waals surface area contributed by atoms with Crippen LogP contribution in [0, 0.1) is 11.3 Å². The second kappa shape index (κ2) is 5.87. The molecule has 0 amide bonds. The molecule has 0 bridgehead atoms. The molecule has 0 spiro atoms. The monoisotopic (exact) mass is 200 g/mol. The molecular formula is C13H16N2. The molecular weight excluding hydrogens is 184 g/mol. The zero-order valence-corrected chi connectivity index (χ0v) is 9.27. The largest absolute Gasteiger partial charge is 0.336 e. The number of nitrogens with zero attached hydrogens (tertiary/aromatic N) is 2. The standard InChI is InChI=1S/C13H16N2/c1-3-4-8-13(11-14)15(2)12-9-6-5-7-10-12/h5-10H,3-4H2,1-2H3. The van der Waals surface area contributed by atoms with Crippen LogP contribution in [0.5, 0.6) is 0 Å². The number of anilines is 1. The van der Waals surface area contributed by atoms with Gasteiger partial charge in [-0.1, -0.05) is 31.5 Å². The van der Waals surface area contributed by atoms with Crippen molar-refractivity contribution in [3.8, 4) is 6.07 Å². The molecule has 0 aromatic heterocycles. The molecule has 0 saturated carbocycles. The predicted molar refractivity (Wildman–Crippen MR) is 63.4 cm³/mol. The molecule has 2 nitrogen and oxygen atoms in total. The first-order chi connectivity index (χ1) is 7.29. The quantitative estimate of drug-likeness (QED) is 0.697. The Morgan fingerprint density at radius 3 is 2.60 bits per heavy atom. The van der Waals surface area contributed by atoms with E-state index in [1.807, 2.05) is 48.4 Å². The third-order valence-electron chi connectivity index (χ3n) is 2.25. The van der Waals surface area contributed by atoms with E-state index < -0.39 is 0 Å². The Balaban J connectivity index is 2.84. The third kappa shape index (κ3) is 3.14. The summed E-state index contributed by atoms with van der Waals surface area (Å²) in [4.78, 5) is 1.91. The summed E-state index contributed by atoms with van der Waals surface area (Å²) in [5.74, 6) is 0. The first-order valence-corrected chi connectivity index (χ1v) is 5.18. The normalized spacial score (nSPS) is 10.9. The van der Waals surface area contributed by atoms with Gasteiger partial charge in [0.1, 0.15) is 11.8 Å². The minimum absolute atomic E-state index is 0.711. The minimum Gasteiger partial charge on any atom is -0.336 e. The zero-order chi connectivity index (χ0) is 11.1. The Hall–Kier alpha value is -1.75. The summed E-state index contributed by atoms with van der Waals surface area (Å²) in [7, 11) is 1.92. The molecule has 1 aromatic carbocycles. The summed E-state index contributed by atoms with van der Waals surface area (Å²) in [6.07, 6.45) is 3.99. The fraction of sp³-hybridized carbons (Fsp3) is 0.308. The van der Waals surface area contributed by atoms with Gasteiger partial charge in [-0.3, -0.25) is 0 Å². The Labute approximate surface area is 91.4 Å². The summed E-state index contributed by atoms with van der Waals surface area (Å²) in [5.41, 5.74) is 1.75. The molecule has 0 atom stereocenters. The van der Waals surface area contributed by atoms with Crippen LogP contribution in [0.25, 0.3) is 0 Å². The maximum atomic E-state index is 9.02.